The molecule has 1 saturated heterocycles. The maximum atomic E-state index is 12.3. The first kappa shape index (κ1) is 19.2. The Balaban J connectivity index is 1.90. The van der Waals surface area contributed by atoms with Crippen LogP contribution in [0.15, 0.2) is 29.2 Å². The molecule has 9 nitrogen and oxygen atoms in total. The highest BCUT2D eigenvalue weighted by Crippen LogP contribution is 2.17. The third-order valence-electron chi connectivity index (χ3n) is 3.39. The Hall–Kier alpha value is -2.17. The lowest BCUT2D eigenvalue weighted by Gasteiger charge is -2.17. The molecule has 1 fully saturated rings. The zero-order chi connectivity index (χ0) is 18.6. The quantitative estimate of drug-likeness (QED) is 0.688. The highest BCUT2D eigenvalue weighted by molar-refractivity contribution is 7.89. The lowest BCUT2D eigenvalue weighted by atomic mass is 10.4. The van der Waals surface area contributed by atoms with Crippen molar-refractivity contribution < 1.29 is 27.5 Å². The number of imide groups is 1. The standard InChI is InChI=1S/C14H16ClN3O6S/c1-17(25(22,23)11-4-2-10(15)3-5-11)8-13(20)24-9-12(19)18-7-6-16-14(18)21/h2-5H,6-9H2,1H3,(H,16,21). The predicted octanol–water partition coefficient (Wildman–Crippen LogP) is 0.0555. The fourth-order valence-electron chi connectivity index (χ4n) is 2.03. The summed E-state index contributed by atoms with van der Waals surface area (Å²) in [6.45, 7) is -0.688. The summed E-state index contributed by atoms with van der Waals surface area (Å²) in [5, 5.41) is 2.82. The number of urea groups is 1. The Morgan fingerprint density at radius 3 is 2.52 bits per heavy atom. The SMILES string of the molecule is CN(CC(=O)OCC(=O)N1CCNC1=O)S(=O)(=O)c1ccc(Cl)cc1. The van der Waals surface area contributed by atoms with Crippen molar-refractivity contribution in [3.8, 4) is 0 Å². The molecule has 2 rings (SSSR count). The van der Waals surface area contributed by atoms with Crippen LogP contribution in [-0.4, -0.2) is 68.8 Å². The molecule has 0 saturated carbocycles. The first-order chi connectivity index (χ1) is 11.7. The Morgan fingerprint density at radius 2 is 1.96 bits per heavy atom. The van der Waals surface area contributed by atoms with Gasteiger partial charge in [0.1, 0.15) is 6.54 Å². The van der Waals surface area contributed by atoms with Crippen LogP contribution in [0.5, 0.6) is 0 Å². The van der Waals surface area contributed by atoms with Crippen molar-refractivity contribution in [1.82, 2.24) is 14.5 Å². The number of carbonyl (C=O) groups is 3. The Labute approximate surface area is 149 Å². The van der Waals surface area contributed by atoms with Gasteiger partial charge in [-0.15, -0.1) is 0 Å². The van der Waals surface area contributed by atoms with Crippen molar-refractivity contribution in [1.29, 1.82) is 0 Å². The molecule has 1 aromatic rings. The van der Waals surface area contributed by atoms with Crippen LogP contribution in [0.1, 0.15) is 0 Å². The van der Waals surface area contributed by atoms with Gasteiger partial charge in [0.25, 0.3) is 5.91 Å². The maximum absolute atomic E-state index is 12.3. The molecule has 1 aromatic carbocycles. The van der Waals surface area contributed by atoms with E-state index in [1.165, 1.54) is 31.3 Å². The maximum Gasteiger partial charge on any atom is 0.324 e. The molecule has 1 aliphatic heterocycles. The van der Waals surface area contributed by atoms with Crippen molar-refractivity contribution in [3.63, 3.8) is 0 Å². The summed E-state index contributed by atoms with van der Waals surface area (Å²) in [5.74, 6) is -1.58. The van der Waals surface area contributed by atoms with E-state index in [0.29, 0.717) is 11.6 Å². The molecule has 1 heterocycles. The van der Waals surface area contributed by atoms with Gasteiger partial charge in [-0.25, -0.2) is 13.2 Å². The number of nitrogens with zero attached hydrogens (tertiary/aromatic N) is 2. The Bertz CT molecular complexity index is 780. The minimum Gasteiger partial charge on any atom is -0.455 e. The number of benzene rings is 1. The molecule has 0 bridgehead atoms. The average molecular weight is 390 g/mol. The highest BCUT2D eigenvalue weighted by atomic mass is 35.5. The monoisotopic (exact) mass is 389 g/mol. The van der Waals surface area contributed by atoms with Gasteiger partial charge in [-0.2, -0.15) is 4.31 Å². The third kappa shape index (κ3) is 4.68. The summed E-state index contributed by atoms with van der Waals surface area (Å²) >= 11 is 5.71. The van der Waals surface area contributed by atoms with Gasteiger partial charge in [0, 0.05) is 25.2 Å². The van der Waals surface area contributed by atoms with Crippen molar-refractivity contribution in [3.05, 3.63) is 29.3 Å². The molecule has 0 unspecified atom stereocenters. The lowest BCUT2D eigenvalue weighted by Crippen LogP contribution is -2.38. The van der Waals surface area contributed by atoms with E-state index in [1.807, 2.05) is 0 Å². The number of hydrogen-bond donors (Lipinski definition) is 1. The molecule has 0 spiro atoms. The smallest absolute Gasteiger partial charge is 0.324 e. The number of esters is 1. The second-order valence-corrected chi connectivity index (χ2v) is 7.63. The molecule has 1 N–H and O–H groups in total. The van der Waals surface area contributed by atoms with E-state index in [2.05, 4.69) is 5.32 Å². The van der Waals surface area contributed by atoms with Crippen LogP contribution in [0.25, 0.3) is 0 Å². The number of halogens is 1. The molecule has 0 radical (unpaired) electrons. The van der Waals surface area contributed by atoms with Gasteiger partial charge >= 0.3 is 12.0 Å². The number of ether oxygens (including phenoxy) is 1. The number of sulfonamides is 1. The predicted molar refractivity (Wildman–Crippen MR) is 87.3 cm³/mol. The van der Waals surface area contributed by atoms with Crippen molar-refractivity contribution in [2.24, 2.45) is 0 Å². The van der Waals surface area contributed by atoms with Gasteiger partial charge in [-0.3, -0.25) is 14.5 Å². The molecule has 25 heavy (non-hydrogen) atoms. The van der Waals surface area contributed by atoms with E-state index in [0.717, 1.165) is 9.21 Å². The molecular weight excluding hydrogens is 374 g/mol. The van der Waals surface area contributed by atoms with E-state index in [4.69, 9.17) is 16.3 Å². The largest absolute Gasteiger partial charge is 0.455 e. The molecule has 0 aromatic heterocycles. The molecule has 11 heteroatoms. The molecule has 0 aliphatic carbocycles. The third-order valence-corrected chi connectivity index (χ3v) is 5.46. The first-order valence-electron chi connectivity index (χ1n) is 7.17. The van der Waals surface area contributed by atoms with E-state index in [-0.39, 0.29) is 11.4 Å². The van der Waals surface area contributed by atoms with Gasteiger partial charge in [0.2, 0.25) is 10.0 Å². The number of carbonyl (C=O) groups excluding carboxylic acids is 3. The molecule has 136 valence electrons. The summed E-state index contributed by atoms with van der Waals surface area (Å²) in [5.41, 5.74) is 0. The first-order valence-corrected chi connectivity index (χ1v) is 8.99. The van der Waals surface area contributed by atoms with Crippen LogP contribution in [0.2, 0.25) is 5.02 Å². The van der Waals surface area contributed by atoms with Gasteiger partial charge in [-0.05, 0) is 24.3 Å². The Morgan fingerprint density at radius 1 is 1.32 bits per heavy atom. The average Bonchev–Trinajstić information content (AvgIpc) is 2.99. The van der Waals surface area contributed by atoms with Gasteiger partial charge in [-0.1, -0.05) is 11.6 Å². The van der Waals surface area contributed by atoms with Crippen molar-refractivity contribution in [2.75, 3.05) is 33.3 Å². The number of nitrogens with one attached hydrogen (secondary N) is 1. The van der Waals surface area contributed by atoms with E-state index in [9.17, 15) is 22.8 Å². The molecule has 1 aliphatic rings. The Kier molecular flexibility index (Phi) is 5.98. The van der Waals surface area contributed by atoms with E-state index < -0.39 is 41.1 Å². The molecular formula is C14H16ClN3O6S. The summed E-state index contributed by atoms with van der Waals surface area (Å²) < 4.78 is 30.2. The van der Waals surface area contributed by atoms with Crippen LogP contribution >= 0.6 is 11.6 Å². The minimum atomic E-state index is -3.90. The van der Waals surface area contributed by atoms with Gasteiger partial charge in [0.05, 0.1) is 4.90 Å². The second-order valence-electron chi connectivity index (χ2n) is 5.15. The van der Waals surface area contributed by atoms with Crippen LogP contribution in [0, 0.1) is 0 Å². The fraction of sp³-hybridized carbons (Fsp3) is 0.357. The summed E-state index contributed by atoms with van der Waals surface area (Å²) in [6.07, 6.45) is 0. The number of amides is 3. The second kappa shape index (κ2) is 7.81. The zero-order valence-electron chi connectivity index (χ0n) is 13.3. The van der Waals surface area contributed by atoms with Crippen LogP contribution in [-0.2, 0) is 24.3 Å². The molecule has 3 amide bonds. The highest BCUT2D eigenvalue weighted by Gasteiger charge is 2.28. The molecule has 0 atom stereocenters. The number of hydrogen-bond acceptors (Lipinski definition) is 6. The number of likely N-dealkylation sites (N-methyl/N-ethyl adjacent to an activating group) is 1. The topological polar surface area (TPSA) is 113 Å². The van der Waals surface area contributed by atoms with Crippen LogP contribution in [0.4, 0.5) is 4.79 Å². The lowest BCUT2D eigenvalue weighted by molar-refractivity contribution is -0.150. The van der Waals surface area contributed by atoms with E-state index >= 15 is 0 Å². The van der Waals surface area contributed by atoms with Crippen molar-refractivity contribution >= 4 is 39.5 Å². The van der Waals surface area contributed by atoms with Gasteiger partial charge < -0.3 is 10.1 Å². The zero-order valence-corrected chi connectivity index (χ0v) is 14.8. The van der Waals surface area contributed by atoms with Crippen LogP contribution < -0.4 is 5.32 Å². The minimum absolute atomic E-state index is 0.0305. The number of rotatable bonds is 6. The van der Waals surface area contributed by atoms with Gasteiger partial charge in [0.15, 0.2) is 6.61 Å². The van der Waals surface area contributed by atoms with Crippen LogP contribution in [0.3, 0.4) is 0 Å². The summed E-state index contributed by atoms with van der Waals surface area (Å²) in [6, 6.07) is 4.91. The fourth-order valence-corrected chi connectivity index (χ4v) is 3.27. The normalized spacial score (nSPS) is 14.5. The summed E-state index contributed by atoms with van der Waals surface area (Å²) in [4.78, 5) is 35.7. The van der Waals surface area contributed by atoms with E-state index in [1.54, 1.807) is 0 Å². The summed E-state index contributed by atoms with van der Waals surface area (Å²) in [7, 11) is -2.69. The van der Waals surface area contributed by atoms with Crippen molar-refractivity contribution in [2.45, 2.75) is 4.90 Å².